The average Bonchev–Trinajstić information content (AvgIpc) is 1.92. The lowest BCUT2D eigenvalue weighted by atomic mass is 9.46. The predicted octanol–water partition coefficient (Wildman–Crippen LogP) is 1.08. The van der Waals surface area contributed by atoms with Crippen molar-refractivity contribution in [1.29, 1.82) is 0 Å². The maximum atomic E-state index is 11.4. The molecule has 3 aliphatic rings. The fraction of sp³-hybridized carbons (Fsp3) is 0.900. The second-order valence-electron chi connectivity index (χ2n) is 4.84. The van der Waals surface area contributed by atoms with Crippen LogP contribution in [0.4, 0.5) is 0 Å². The van der Waals surface area contributed by atoms with Gasteiger partial charge in [-0.2, -0.15) is 0 Å². The summed E-state index contributed by atoms with van der Waals surface area (Å²) in [6.07, 6.45) is 3.03. The van der Waals surface area contributed by atoms with E-state index >= 15 is 0 Å². The van der Waals surface area contributed by atoms with E-state index in [9.17, 15) is 4.79 Å². The molecule has 0 heterocycles. The van der Waals surface area contributed by atoms with E-state index in [0.29, 0.717) is 0 Å². The van der Waals surface area contributed by atoms with Gasteiger partial charge in [0.1, 0.15) is 0 Å². The minimum Gasteiger partial charge on any atom is -0.378 e. The molecule has 13 heavy (non-hydrogen) atoms. The van der Waals surface area contributed by atoms with Crippen LogP contribution < -0.4 is 5.32 Å². The Balaban J connectivity index is 1.84. The number of nitrogens with one attached hydrogen (secondary N) is 1. The topological polar surface area (TPSA) is 38.3 Å². The smallest absolute Gasteiger partial charge is 0.222 e. The lowest BCUT2D eigenvalue weighted by molar-refractivity contribution is -0.237. The van der Waals surface area contributed by atoms with Crippen LogP contribution in [0, 0.1) is 5.92 Å². The van der Waals surface area contributed by atoms with Crippen molar-refractivity contribution in [2.45, 2.75) is 44.2 Å². The summed E-state index contributed by atoms with van der Waals surface area (Å²) in [4.78, 5) is 11.4. The summed E-state index contributed by atoms with van der Waals surface area (Å²) in [6.45, 7) is 3.85. The molecule has 0 aliphatic heterocycles. The Bertz CT molecular complexity index is 228. The van der Waals surface area contributed by atoms with Crippen LogP contribution in [0.15, 0.2) is 0 Å². The largest absolute Gasteiger partial charge is 0.378 e. The molecule has 1 N–H and O–H groups in total. The van der Waals surface area contributed by atoms with Gasteiger partial charge in [-0.3, -0.25) is 4.79 Å². The zero-order chi connectivity index (χ0) is 9.69. The Morgan fingerprint density at radius 1 is 1.38 bits per heavy atom. The molecule has 0 aromatic heterocycles. The predicted molar refractivity (Wildman–Crippen MR) is 49.3 cm³/mol. The molecule has 3 aliphatic carbocycles. The van der Waals surface area contributed by atoms with Crippen LogP contribution in [0.2, 0.25) is 0 Å². The molecule has 74 valence electrons. The highest BCUT2D eigenvalue weighted by Crippen LogP contribution is 2.62. The molecule has 1 amide bonds. The second kappa shape index (κ2) is 2.47. The Morgan fingerprint density at radius 3 is 2.31 bits per heavy atom. The van der Waals surface area contributed by atoms with E-state index < -0.39 is 0 Å². The van der Waals surface area contributed by atoms with E-state index in [2.05, 4.69) is 5.32 Å². The number of carbonyl (C=O) groups is 1. The summed E-state index contributed by atoms with van der Waals surface area (Å²) < 4.78 is 5.36. The summed E-state index contributed by atoms with van der Waals surface area (Å²) in [5.41, 5.74) is 0.238. The molecule has 2 bridgehead atoms. The molecule has 3 fully saturated rings. The molecule has 0 unspecified atom stereocenters. The third-order valence-electron chi connectivity index (χ3n) is 3.33. The number of methoxy groups -OCH3 is 1. The Morgan fingerprint density at radius 2 is 1.92 bits per heavy atom. The van der Waals surface area contributed by atoms with Crippen molar-refractivity contribution < 1.29 is 9.53 Å². The van der Waals surface area contributed by atoms with Crippen LogP contribution in [0.5, 0.6) is 0 Å². The number of ether oxygens (including phenoxy) is 1. The summed E-state index contributed by atoms with van der Waals surface area (Å²) >= 11 is 0. The first-order valence-corrected chi connectivity index (χ1v) is 4.88. The first kappa shape index (κ1) is 9.00. The monoisotopic (exact) mass is 183 g/mol. The molecule has 0 aromatic carbocycles. The number of amides is 1. The molecule has 3 rings (SSSR count). The van der Waals surface area contributed by atoms with Crippen molar-refractivity contribution in [3.8, 4) is 0 Å². The van der Waals surface area contributed by atoms with E-state index in [1.807, 2.05) is 13.8 Å². The van der Waals surface area contributed by atoms with Crippen molar-refractivity contribution in [1.82, 2.24) is 5.32 Å². The van der Waals surface area contributed by atoms with Crippen molar-refractivity contribution in [2.24, 2.45) is 5.92 Å². The third-order valence-corrected chi connectivity index (χ3v) is 3.33. The van der Waals surface area contributed by atoms with Gasteiger partial charge in [0.2, 0.25) is 5.91 Å². The molecule has 0 atom stereocenters. The number of hydrogen-bond acceptors (Lipinski definition) is 2. The summed E-state index contributed by atoms with van der Waals surface area (Å²) in [6, 6.07) is 0. The molecule has 3 saturated carbocycles. The normalized spacial score (nSPS) is 40.9. The van der Waals surface area contributed by atoms with E-state index in [0.717, 1.165) is 19.3 Å². The molecule has 3 heteroatoms. The average molecular weight is 183 g/mol. The first-order chi connectivity index (χ1) is 6.01. The highest BCUT2D eigenvalue weighted by molar-refractivity contribution is 5.79. The van der Waals surface area contributed by atoms with E-state index in [1.54, 1.807) is 7.11 Å². The van der Waals surface area contributed by atoms with Gasteiger partial charge in [-0.25, -0.2) is 0 Å². The Labute approximate surface area is 78.8 Å². The van der Waals surface area contributed by atoms with Gasteiger partial charge in [0.15, 0.2) is 0 Å². The van der Waals surface area contributed by atoms with Gasteiger partial charge in [0, 0.05) is 18.6 Å². The van der Waals surface area contributed by atoms with E-state index in [4.69, 9.17) is 4.74 Å². The highest BCUT2D eigenvalue weighted by Gasteiger charge is 2.69. The maximum absolute atomic E-state index is 11.4. The zero-order valence-electron chi connectivity index (χ0n) is 8.52. The van der Waals surface area contributed by atoms with Crippen molar-refractivity contribution in [3.05, 3.63) is 0 Å². The van der Waals surface area contributed by atoms with Crippen LogP contribution in [0.1, 0.15) is 33.1 Å². The van der Waals surface area contributed by atoms with Crippen LogP contribution in [0.25, 0.3) is 0 Å². The van der Waals surface area contributed by atoms with Crippen LogP contribution in [-0.4, -0.2) is 24.2 Å². The minimum atomic E-state index is 0.0903. The molecule has 0 spiro atoms. The van der Waals surface area contributed by atoms with Crippen molar-refractivity contribution in [2.75, 3.05) is 7.11 Å². The SMILES string of the molecule is COC12CC(NC(=O)C(C)C)(C1)C2. The highest BCUT2D eigenvalue weighted by atomic mass is 16.5. The fourth-order valence-corrected chi connectivity index (χ4v) is 2.45. The quantitative estimate of drug-likeness (QED) is 0.711. The Hall–Kier alpha value is -0.570. The number of carbonyl (C=O) groups excluding carboxylic acids is 1. The van der Waals surface area contributed by atoms with Gasteiger partial charge in [-0.15, -0.1) is 0 Å². The molecule has 3 nitrogen and oxygen atoms in total. The van der Waals surface area contributed by atoms with Gasteiger partial charge < -0.3 is 10.1 Å². The van der Waals surface area contributed by atoms with Gasteiger partial charge in [0.25, 0.3) is 0 Å². The van der Waals surface area contributed by atoms with Crippen molar-refractivity contribution in [3.63, 3.8) is 0 Å². The van der Waals surface area contributed by atoms with Gasteiger partial charge in [-0.1, -0.05) is 13.8 Å². The van der Waals surface area contributed by atoms with Crippen LogP contribution in [0.3, 0.4) is 0 Å². The minimum absolute atomic E-state index is 0.0903. The third kappa shape index (κ3) is 1.17. The molecule has 0 aromatic rings. The standard InChI is InChI=1S/C10H17NO2/c1-7(2)8(12)11-9-4-10(5-9,6-9)13-3/h7H,4-6H2,1-3H3,(H,11,12). The Kier molecular flexibility index (Phi) is 1.71. The summed E-state index contributed by atoms with van der Waals surface area (Å²) in [5, 5.41) is 3.10. The zero-order valence-corrected chi connectivity index (χ0v) is 8.52. The van der Waals surface area contributed by atoms with Gasteiger partial charge in [-0.05, 0) is 19.3 Å². The van der Waals surface area contributed by atoms with Crippen LogP contribution in [-0.2, 0) is 9.53 Å². The van der Waals surface area contributed by atoms with Gasteiger partial charge in [0.05, 0.1) is 5.60 Å². The molecule has 0 radical (unpaired) electrons. The van der Waals surface area contributed by atoms with E-state index in [-0.39, 0.29) is 23.0 Å². The summed E-state index contributed by atoms with van der Waals surface area (Å²) in [5.74, 6) is 0.261. The molecular weight excluding hydrogens is 166 g/mol. The number of hydrogen-bond donors (Lipinski definition) is 1. The van der Waals surface area contributed by atoms with Crippen molar-refractivity contribution >= 4 is 5.91 Å². The van der Waals surface area contributed by atoms with Crippen LogP contribution >= 0.6 is 0 Å². The molecule has 0 saturated heterocycles. The lowest BCUT2D eigenvalue weighted by Crippen LogP contribution is -2.79. The number of rotatable bonds is 3. The second-order valence-corrected chi connectivity index (χ2v) is 4.84. The fourth-order valence-electron chi connectivity index (χ4n) is 2.45. The van der Waals surface area contributed by atoms with E-state index in [1.165, 1.54) is 0 Å². The first-order valence-electron chi connectivity index (χ1n) is 4.88. The molecular formula is C10H17NO2. The lowest BCUT2D eigenvalue weighted by Gasteiger charge is -2.69. The maximum Gasteiger partial charge on any atom is 0.222 e. The van der Waals surface area contributed by atoms with Gasteiger partial charge >= 0.3 is 0 Å². The summed E-state index contributed by atoms with van der Waals surface area (Å²) in [7, 11) is 1.76.